The zero-order valence-electron chi connectivity index (χ0n) is 9.45. The molecule has 0 aromatic rings. The molecule has 4 heteroatoms. The minimum Gasteiger partial charge on any atom is -0.395 e. The molecule has 0 saturated heterocycles. The first-order valence-electron chi connectivity index (χ1n) is 5.18. The molecule has 0 amide bonds. The Labute approximate surface area is 91.6 Å². The lowest BCUT2D eigenvalue weighted by Gasteiger charge is -2.21. The summed E-state index contributed by atoms with van der Waals surface area (Å²) in [5.41, 5.74) is 0. The van der Waals surface area contributed by atoms with E-state index in [1.165, 1.54) is 0 Å². The predicted octanol–water partition coefficient (Wildman–Crippen LogP) is 1.11. The fourth-order valence-electron chi connectivity index (χ4n) is 1.23. The van der Waals surface area contributed by atoms with Crippen LogP contribution in [0.1, 0.15) is 20.3 Å². The number of hydrogen-bond donors (Lipinski definition) is 2. The van der Waals surface area contributed by atoms with Crippen LogP contribution in [0.2, 0.25) is 0 Å². The minimum atomic E-state index is 0.205. The fourth-order valence-corrected chi connectivity index (χ4v) is 1.75. The highest BCUT2D eigenvalue weighted by atomic mass is 32.2. The van der Waals surface area contributed by atoms with E-state index in [0.29, 0.717) is 12.6 Å². The molecule has 0 radical (unpaired) electrons. The van der Waals surface area contributed by atoms with Crippen LogP contribution >= 0.6 is 11.8 Å². The molecule has 0 spiro atoms. The van der Waals surface area contributed by atoms with Gasteiger partial charge in [-0.15, -0.1) is 0 Å². The van der Waals surface area contributed by atoms with Gasteiger partial charge in [0.05, 0.1) is 13.2 Å². The molecule has 0 saturated carbocycles. The van der Waals surface area contributed by atoms with Crippen molar-refractivity contribution in [3.63, 3.8) is 0 Å². The summed E-state index contributed by atoms with van der Waals surface area (Å²) >= 11 is 1.81. The van der Waals surface area contributed by atoms with Gasteiger partial charge in [0.1, 0.15) is 0 Å². The maximum atomic E-state index is 9.11. The molecule has 0 aliphatic heterocycles. The Bertz CT molecular complexity index is 125. The van der Waals surface area contributed by atoms with Gasteiger partial charge in [-0.1, -0.05) is 0 Å². The molecule has 0 aliphatic carbocycles. The van der Waals surface area contributed by atoms with E-state index in [1.807, 2.05) is 18.7 Å². The van der Waals surface area contributed by atoms with Crippen molar-refractivity contribution < 1.29 is 9.84 Å². The number of ether oxygens (including phenoxy) is 1. The SMILES string of the molecule is CCOCC(C)NC(CO)CCSC. The minimum absolute atomic E-state index is 0.205. The van der Waals surface area contributed by atoms with Gasteiger partial charge in [-0.2, -0.15) is 11.8 Å². The molecule has 0 heterocycles. The Morgan fingerprint density at radius 2 is 2.21 bits per heavy atom. The van der Waals surface area contributed by atoms with E-state index in [-0.39, 0.29) is 12.6 Å². The van der Waals surface area contributed by atoms with Gasteiger partial charge < -0.3 is 15.2 Å². The van der Waals surface area contributed by atoms with Gasteiger partial charge in [0.2, 0.25) is 0 Å². The molecular weight excluding hydrogens is 198 g/mol. The van der Waals surface area contributed by atoms with Crippen molar-refractivity contribution >= 4 is 11.8 Å². The van der Waals surface area contributed by atoms with Crippen molar-refractivity contribution in [3.05, 3.63) is 0 Å². The molecular formula is C10H23NO2S. The lowest BCUT2D eigenvalue weighted by molar-refractivity contribution is 0.117. The third kappa shape index (κ3) is 7.62. The standard InChI is InChI=1S/C10H23NO2S/c1-4-13-8-9(2)11-10(7-12)5-6-14-3/h9-12H,4-8H2,1-3H3. The van der Waals surface area contributed by atoms with E-state index in [4.69, 9.17) is 9.84 Å². The highest BCUT2D eigenvalue weighted by Crippen LogP contribution is 2.01. The van der Waals surface area contributed by atoms with E-state index < -0.39 is 0 Å². The number of aliphatic hydroxyl groups is 1. The molecule has 0 aromatic carbocycles. The third-order valence-corrected chi connectivity index (χ3v) is 2.63. The maximum Gasteiger partial charge on any atom is 0.0616 e. The summed E-state index contributed by atoms with van der Waals surface area (Å²) in [5, 5.41) is 12.5. The van der Waals surface area contributed by atoms with E-state index in [1.54, 1.807) is 0 Å². The van der Waals surface area contributed by atoms with Gasteiger partial charge >= 0.3 is 0 Å². The van der Waals surface area contributed by atoms with Gasteiger partial charge in [-0.25, -0.2) is 0 Å². The Kier molecular flexibility index (Phi) is 9.93. The molecule has 86 valence electrons. The summed E-state index contributed by atoms with van der Waals surface area (Å²) in [5.74, 6) is 1.08. The topological polar surface area (TPSA) is 41.5 Å². The number of thioether (sulfide) groups is 1. The van der Waals surface area contributed by atoms with Gasteiger partial charge in [0, 0.05) is 18.7 Å². The molecule has 14 heavy (non-hydrogen) atoms. The third-order valence-electron chi connectivity index (χ3n) is 1.98. The highest BCUT2D eigenvalue weighted by molar-refractivity contribution is 7.98. The summed E-state index contributed by atoms with van der Waals surface area (Å²) in [6, 6.07) is 0.520. The van der Waals surface area contributed by atoms with Crippen LogP contribution in [-0.4, -0.2) is 49.0 Å². The Morgan fingerprint density at radius 3 is 2.71 bits per heavy atom. The van der Waals surface area contributed by atoms with Crippen LogP contribution in [-0.2, 0) is 4.74 Å². The average molecular weight is 221 g/mol. The molecule has 2 unspecified atom stereocenters. The summed E-state index contributed by atoms with van der Waals surface area (Å²) in [6.45, 7) is 5.74. The fraction of sp³-hybridized carbons (Fsp3) is 1.00. The van der Waals surface area contributed by atoms with Crippen LogP contribution in [0.4, 0.5) is 0 Å². The predicted molar refractivity (Wildman–Crippen MR) is 63.0 cm³/mol. The van der Waals surface area contributed by atoms with Crippen molar-refractivity contribution in [2.75, 3.05) is 31.8 Å². The van der Waals surface area contributed by atoms with Crippen LogP contribution in [0.3, 0.4) is 0 Å². The summed E-state index contributed by atoms with van der Waals surface area (Å²) in [4.78, 5) is 0. The lowest BCUT2D eigenvalue weighted by atomic mass is 10.2. The monoisotopic (exact) mass is 221 g/mol. The van der Waals surface area contributed by atoms with E-state index >= 15 is 0 Å². The largest absolute Gasteiger partial charge is 0.395 e. The second-order valence-corrected chi connectivity index (χ2v) is 4.37. The van der Waals surface area contributed by atoms with Gasteiger partial charge in [0.15, 0.2) is 0 Å². The number of rotatable bonds is 9. The zero-order chi connectivity index (χ0) is 10.8. The summed E-state index contributed by atoms with van der Waals surface area (Å²) < 4.78 is 5.30. The first-order chi connectivity index (χ1) is 6.74. The van der Waals surface area contributed by atoms with E-state index in [0.717, 1.165) is 18.8 Å². The van der Waals surface area contributed by atoms with Gasteiger partial charge in [0.25, 0.3) is 0 Å². The van der Waals surface area contributed by atoms with E-state index in [2.05, 4.69) is 18.5 Å². The Hall–Kier alpha value is 0.230. The normalized spacial score (nSPS) is 15.4. The first kappa shape index (κ1) is 14.2. The lowest BCUT2D eigenvalue weighted by Crippen LogP contribution is -2.41. The second kappa shape index (κ2) is 9.77. The molecule has 0 aliphatic rings. The molecule has 0 bridgehead atoms. The molecule has 3 nitrogen and oxygen atoms in total. The van der Waals surface area contributed by atoms with Crippen LogP contribution in [0, 0.1) is 0 Å². The first-order valence-corrected chi connectivity index (χ1v) is 6.57. The van der Waals surface area contributed by atoms with Crippen molar-refractivity contribution in [2.24, 2.45) is 0 Å². The van der Waals surface area contributed by atoms with Gasteiger partial charge in [-0.3, -0.25) is 0 Å². The molecule has 0 fully saturated rings. The number of nitrogens with one attached hydrogen (secondary N) is 1. The molecule has 0 aromatic heterocycles. The van der Waals surface area contributed by atoms with Crippen molar-refractivity contribution in [2.45, 2.75) is 32.4 Å². The molecule has 0 rings (SSSR count). The van der Waals surface area contributed by atoms with Crippen LogP contribution in [0.5, 0.6) is 0 Å². The maximum absolute atomic E-state index is 9.11. The quantitative estimate of drug-likeness (QED) is 0.612. The highest BCUT2D eigenvalue weighted by Gasteiger charge is 2.10. The van der Waals surface area contributed by atoms with Crippen LogP contribution < -0.4 is 5.32 Å². The summed E-state index contributed by atoms with van der Waals surface area (Å²) in [7, 11) is 0. The zero-order valence-corrected chi connectivity index (χ0v) is 10.3. The number of hydrogen-bond acceptors (Lipinski definition) is 4. The Balaban J connectivity index is 3.57. The Morgan fingerprint density at radius 1 is 1.50 bits per heavy atom. The van der Waals surface area contributed by atoms with Crippen LogP contribution in [0.25, 0.3) is 0 Å². The summed E-state index contributed by atoms with van der Waals surface area (Å²) in [6.07, 6.45) is 3.09. The number of aliphatic hydroxyl groups excluding tert-OH is 1. The van der Waals surface area contributed by atoms with Crippen LogP contribution in [0.15, 0.2) is 0 Å². The smallest absolute Gasteiger partial charge is 0.0616 e. The molecule has 2 atom stereocenters. The van der Waals surface area contributed by atoms with Crippen molar-refractivity contribution in [1.29, 1.82) is 0 Å². The van der Waals surface area contributed by atoms with E-state index in [9.17, 15) is 0 Å². The van der Waals surface area contributed by atoms with Gasteiger partial charge in [-0.05, 0) is 32.3 Å². The average Bonchev–Trinajstić information content (AvgIpc) is 2.21. The van der Waals surface area contributed by atoms with Crippen molar-refractivity contribution in [3.8, 4) is 0 Å². The second-order valence-electron chi connectivity index (χ2n) is 3.39. The molecule has 2 N–H and O–H groups in total. The van der Waals surface area contributed by atoms with Crippen molar-refractivity contribution in [1.82, 2.24) is 5.32 Å².